The van der Waals surface area contributed by atoms with Gasteiger partial charge in [0.2, 0.25) is 0 Å². The first-order valence-corrected chi connectivity index (χ1v) is 9.16. The van der Waals surface area contributed by atoms with Crippen LogP contribution in [0.4, 0.5) is 5.69 Å². The van der Waals surface area contributed by atoms with Crippen molar-refractivity contribution in [2.45, 2.75) is 6.04 Å². The summed E-state index contributed by atoms with van der Waals surface area (Å²) in [6.07, 6.45) is 1.85. The van der Waals surface area contributed by atoms with E-state index >= 15 is 0 Å². The van der Waals surface area contributed by atoms with E-state index in [0.29, 0.717) is 10.9 Å². The third kappa shape index (κ3) is 1.86. The zero-order valence-electron chi connectivity index (χ0n) is 14.3. The highest BCUT2D eigenvalue weighted by Gasteiger charge is 2.31. The van der Waals surface area contributed by atoms with Crippen LogP contribution in [0.15, 0.2) is 57.6 Å². The van der Waals surface area contributed by atoms with Crippen LogP contribution in [0, 0.1) is 0 Å². The highest BCUT2D eigenvalue weighted by atomic mass is 32.1. The Kier molecular flexibility index (Phi) is 3.05. The van der Waals surface area contributed by atoms with Gasteiger partial charge >= 0.3 is 5.69 Å². The van der Waals surface area contributed by atoms with Crippen molar-refractivity contribution in [3.8, 4) is 5.69 Å². The number of hydrogen-bond donors (Lipinski definition) is 1. The Labute approximate surface area is 152 Å². The van der Waals surface area contributed by atoms with E-state index in [2.05, 4.69) is 11.4 Å². The van der Waals surface area contributed by atoms with E-state index in [9.17, 15) is 9.59 Å². The minimum atomic E-state index is -0.319. The summed E-state index contributed by atoms with van der Waals surface area (Å²) in [5, 5.41) is 6.16. The highest BCUT2D eigenvalue weighted by molar-refractivity contribution is 7.10. The van der Waals surface area contributed by atoms with Crippen molar-refractivity contribution in [2.24, 2.45) is 14.1 Å². The summed E-state index contributed by atoms with van der Waals surface area (Å²) in [7, 11) is 3.24. The summed E-state index contributed by atoms with van der Waals surface area (Å²) in [5.74, 6) is 0. The summed E-state index contributed by atoms with van der Waals surface area (Å²) < 4.78 is 4.77. The molecule has 0 aliphatic carbocycles. The standard InChI is InChI=1S/C19H16N4O2S/c1-21-16-11(18(24)22(2)19(21)25)10-23-13-7-4-3-6-12(13)20-15(17(16)23)14-8-5-9-26-14/h3-10,15,20H,1-2H3/t15-/m0/s1. The largest absolute Gasteiger partial charge is 0.370 e. The van der Waals surface area contributed by atoms with E-state index in [1.165, 1.54) is 7.05 Å². The van der Waals surface area contributed by atoms with Gasteiger partial charge in [-0.1, -0.05) is 18.2 Å². The first-order valence-electron chi connectivity index (χ1n) is 8.28. The number of hydrogen-bond acceptors (Lipinski definition) is 4. The highest BCUT2D eigenvalue weighted by Crippen LogP contribution is 2.41. The maximum Gasteiger partial charge on any atom is 0.331 e. The zero-order chi connectivity index (χ0) is 18.0. The zero-order valence-corrected chi connectivity index (χ0v) is 15.1. The van der Waals surface area contributed by atoms with Crippen LogP contribution in [0.3, 0.4) is 0 Å². The van der Waals surface area contributed by atoms with Crippen molar-refractivity contribution in [1.82, 2.24) is 13.7 Å². The fraction of sp³-hybridized carbons (Fsp3) is 0.158. The number of aromatic nitrogens is 3. The second kappa shape index (κ2) is 5.22. The van der Waals surface area contributed by atoms with Crippen LogP contribution in [0.25, 0.3) is 16.6 Å². The minimum absolute atomic E-state index is 0.125. The van der Waals surface area contributed by atoms with Gasteiger partial charge in [0.1, 0.15) is 6.04 Å². The van der Waals surface area contributed by atoms with Crippen molar-refractivity contribution in [3.05, 3.63) is 79.4 Å². The van der Waals surface area contributed by atoms with Crippen LogP contribution in [-0.2, 0) is 14.1 Å². The molecule has 4 heterocycles. The maximum absolute atomic E-state index is 12.7. The average molecular weight is 364 g/mol. The third-order valence-corrected chi connectivity index (χ3v) is 5.96. The van der Waals surface area contributed by atoms with Crippen molar-refractivity contribution in [3.63, 3.8) is 0 Å². The second-order valence-electron chi connectivity index (χ2n) is 6.46. The monoisotopic (exact) mass is 364 g/mol. The summed E-state index contributed by atoms with van der Waals surface area (Å²) in [4.78, 5) is 26.4. The Hall–Kier alpha value is -3.06. The molecule has 130 valence electrons. The van der Waals surface area contributed by atoms with Gasteiger partial charge in [-0.2, -0.15) is 0 Å². The van der Waals surface area contributed by atoms with E-state index in [4.69, 9.17) is 0 Å². The Morgan fingerprint density at radius 3 is 2.62 bits per heavy atom. The molecule has 1 atom stereocenters. The number of nitrogens with one attached hydrogen (secondary N) is 1. The number of thiophene rings is 1. The van der Waals surface area contributed by atoms with Gasteiger partial charge in [-0.05, 0) is 23.6 Å². The maximum atomic E-state index is 12.7. The summed E-state index contributed by atoms with van der Waals surface area (Å²) in [5.41, 5.74) is 2.98. The Balaban J connectivity index is 1.98. The second-order valence-corrected chi connectivity index (χ2v) is 7.44. The van der Waals surface area contributed by atoms with Gasteiger partial charge in [-0.3, -0.25) is 13.9 Å². The Bertz CT molecular complexity index is 1280. The van der Waals surface area contributed by atoms with Crippen LogP contribution >= 0.6 is 11.3 Å². The Morgan fingerprint density at radius 2 is 1.85 bits per heavy atom. The first kappa shape index (κ1) is 15.2. The molecule has 0 radical (unpaired) electrons. The van der Waals surface area contributed by atoms with Crippen LogP contribution in [0.5, 0.6) is 0 Å². The van der Waals surface area contributed by atoms with E-state index < -0.39 is 0 Å². The molecule has 6 nitrogen and oxygen atoms in total. The molecule has 0 saturated carbocycles. The molecule has 3 aromatic heterocycles. The summed E-state index contributed by atoms with van der Waals surface area (Å²) in [6, 6.07) is 11.9. The topological polar surface area (TPSA) is 61.0 Å². The molecule has 1 aliphatic heterocycles. The lowest BCUT2D eigenvalue weighted by molar-refractivity contribution is 0.709. The van der Waals surface area contributed by atoms with Crippen LogP contribution < -0.4 is 16.6 Å². The molecule has 7 heteroatoms. The first-order chi connectivity index (χ1) is 12.6. The molecule has 0 fully saturated rings. The molecule has 4 aromatic rings. The SMILES string of the molecule is Cn1c(=O)c2cn3c(c2n(C)c1=O)[C@H](c1cccs1)Nc1ccccc1-3. The van der Waals surface area contributed by atoms with Crippen LogP contribution in [-0.4, -0.2) is 13.7 Å². The van der Waals surface area contributed by atoms with Gasteiger partial charge in [0, 0.05) is 25.2 Å². The number of aryl methyl sites for hydroxylation is 1. The molecule has 0 saturated heterocycles. The number of anilines is 1. The lowest BCUT2D eigenvalue weighted by Gasteiger charge is -2.29. The van der Waals surface area contributed by atoms with Crippen LogP contribution in [0.2, 0.25) is 0 Å². The number of benzene rings is 1. The predicted molar refractivity (Wildman–Crippen MR) is 104 cm³/mol. The molecule has 5 rings (SSSR count). The fourth-order valence-electron chi connectivity index (χ4n) is 3.78. The molecule has 1 aliphatic rings. The number of rotatable bonds is 1. The number of para-hydroxylation sites is 2. The molecule has 0 unspecified atom stereocenters. The molecule has 1 N–H and O–H groups in total. The molecular weight excluding hydrogens is 348 g/mol. The molecule has 26 heavy (non-hydrogen) atoms. The minimum Gasteiger partial charge on any atom is -0.370 e. The lowest BCUT2D eigenvalue weighted by Crippen LogP contribution is -2.37. The van der Waals surface area contributed by atoms with Crippen molar-refractivity contribution >= 4 is 27.9 Å². The van der Waals surface area contributed by atoms with Crippen LogP contribution in [0.1, 0.15) is 16.6 Å². The normalized spacial score (nSPS) is 15.5. The number of fused-ring (bicyclic) bond motifs is 5. The average Bonchev–Trinajstić information content (AvgIpc) is 3.32. The van der Waals surface area contributed by atoms with E-state index in [-0.39, 0.29) is 17.3 Å². The van der Waals surface area contributed by atoms with Gasteiger partial charge in [0.15, 0.2) is 0 Å². The quantitative estimate of drug-likeness (QED) is 0.565. The molecule has 1 aromatic carbocycles. The van der Waals surface area contributed by atoms with E-state index in [1.54, 1.807) is 23.0 Å². The van der Waals surface area contributed by atoms with Gasteiger partial charge in [-0.25, -0.2) is 4.79 Å². The fourth-order valence-corrected chi connectivity index (χ4v) is 4.55. The lowest BCUT2D eigenvalue weighted by atomic mass is 10.1. The predicted octanol–water partition coefficient (Wildman–Crippen LogP) is 2.60. The summed E-state index contributed by atoms with van der Waals surface area (Å²) in [6.45, 7) is 0. The van der Waals surface area contributed by atoms with Gasteiger partial charge < -0.3 is 9.88 Å². The van der Waals surface area contributed by atoms with Gasteiger partial charge in [0.25, 0.3) is 5.56 Å². The van der Waals surface area contributed by atoms with Crippen molar-refractivity contribution in [1.29, 1.82) is 0 Å². The number of nitrogens with zero attached hydrogens (tertiary/aromatic N) is 3. The third-order valence-electron chi connectivity index (χ3n) is 5.02. The summed E-state index contributed by atoms with van der Waals surface area (Å²) >= 11 is 1.65. The molecule has 0 spiro atoms. The smallest absolute Gasteiger partial charge is 0.331 e. The molecule has 0 bridgehead atoms. The van der Waals surface area contributed by atoms with E-state index in [1.807, 2.05) is 46.5 Å². The Morgan fingerprint density at radius 1 is 1.04 bits per heavy atom. The van der Waals surface area contributed by atoms with Gasteiger partial charge in [0.05, 0.1) is 28.0 Å². The molecular formula is C19H16N4O2S. The molecule has 0 amide bonds. The van der Waals surface area contributed by atoms with E-state index in [0.717, 1.165) is 26.5 Å². The van der Waals surface area contributed by atoms with Gasteiger partial charge in [-0.15, -0.1) is 11.3 Å². The van der Waals surface area contributed by atoms with Crippen molar-refractivity contribution < 1.29 is 0 Å². The van der Waals surface area contributed by atoms with Crippen molar-refractivity contribution in [2.75, 3.05) is 5.32 Å².